The normalized spacial score (nSPS) is 10.3. The Balaban J connectivity index is 1.75. The third-order valence-electron chi connectivity index (χ3n) is 4.08. The highest BCUT2D eigenvalue weighted by atomic mass is 32.1. The lowest BCUT2D eigenvalue weighted by Gasteiger charge is -2.11. The molecule has 0 radical (unpaired) electrons. The van der Waals surface area contributed by atoms with Crippen molar-refractivity contribution in [2.24, 2.45) is 0 Å². The number of hydrogen-bond acceptors (Lipinski definition) is 6. The number of rotatable bonds is 8. The van der Waals surface area contributed by atoms with Gasteiger partial charge in [0.1, 0.15) is 0 Å². The fourth-order valence-electron chi connectivity index (χ4n) is 2.63. The summed E-state index contributed by atoms with van der Waals surface area (Å²) in [7, 11) is 3.31. The van der Waals surface area contributed by atoms with Gasteiger partial charge in [-0.3, -0.25) is 19.2 Å². The van der Waals surface area contributed by atoms with Gasteiger partial charge in [0.25, 0.3) is 11.8 Å². The number of nitrogens with one attached hydrogen (secondary N) is 1. The van der Waals surface area contributed by atoms with E-state index >= 15 is 0 Å². The first-order valence-electron chi connectivity index (χ1n) is 9.04. The number of benzene rings is 1. The minimum Gasteiger partial charge on any atom is -0.456 e. The molecule has 0 atom stereocenters. The summed E-state index contributed by atoms with van der Waals surface area (Å²) in [5.41, 5.74) is 1.62. The molecular weight excluding hydrogens is 392 g/mol. The Bertz CT molecular complexity index is 916. The van der Waals surface area contributed by atoms with Gasteiger partial charge < -0.3 is 15.0 Å². The van der Waals surface area contributed by atoms with E-state index in [1.165, 1.54) is 16.2 Å². The maximum absolute atomic E-state index is 12.2. The molecule has 2 amide bonds. The molecule has 1 aromatic carbocycles. The van der Waals surface area contributed by atoms with E-state index in [-0.39, 0.29) is 24.5 Å². The number of ether oxygens (including phenoxy) is 1. The van der Waals surface area contributed by atoms with Crippen LogP contribution in [0.15, 0.2) is 30.3 Å². The van der Waals surface area contributed by atoms with Crippen LogP contribution < -0.4 is 5.32 Å². The number of amides is 2. The van der Waals surface area contributed by atoms with Gasteiger partial charge in [-0.05, 0) is 44.2 Å². The smallest absolute Gasteiger partial charge is 0.306 e. The standard InChI is InChI=1S/C21H24N2O5S/c1-13-11-17(14(2)29-13)18(24)9-10-20(26)28-12-19(25)22-16-7-5-15(6-8-16)21(27)23(3)4/h5-8,11H,9-10,12H2,1-4H3,(H,22,25). The van der Waals surface area contributed by atoms with Gasteiger partial charge in [0.15, 0.2) is 12.4 Å². The number of carbonyl (C=O) groups excluding carboxylic acids is 4. The van der Waals surface area contributed by atoms with Gasteiger partial charge in [0.2, 0.25) is 0 Å². The van der Waals surface area contributed by atoms with E-state index in [0.29, 0.717) is 16.8 Å². The van der Waals surface area contributed by atoms with Crippen LogP contribution in [0.5, 0.6) is 0 Å². The van der Waals surface area contributed by atoms with E-state index in [1.807, 2.05) is 19.9 Å². The van der Waals surface area contributed by atoms with Crippen LogP contribution in [-0.2, 0) is 14.3 Å². The molecule has 7 nitrogen and oxygen atoms in total. The topological polar surface area (TPSA) is 92.8 Å². The van der Waals surface area contributed by atoms with Crippen molar-refractivity contribution in [1.82, 2.24) is 4.90 Å². The molecular formula is C21H24N2O5S. The number of nitrogens with zero attached hydrogens (tertiary/aromatic N) is 1. The molecule has 1 N–H and O–H groups in total. The maximum atomic E-state index is 12.2. The predicted octanol–water partition coefficient (Wildman–Crippen LogP) is 3.21. The third kappa shape index (κ3) is 6.53. The van der Waals surface area contributed by atoms with Crippen LogP contribution in [-0.4, -0.2) is 49.2 Å². The van der Waals surface area contributed by atoms with Gasteiger partial charge in [-0.25, -0.2) is 0 Å². The van der Waals surface area contributed by atoms with Gasteiger partial charge in [-0.2, -0.15) is 0 Å². The molecule has 0 saturated carbocycles. The number of anilines is 1. The summed E-state index contributed by atoms with van der Waals surface area (Å²) < 4.78 is 4.93. The van der Waals surface area contributed by atoms with Crippen LogP contribution >= 0.6 is 11.3 Å². The Labute approximate surface area is 173 Å². The Morgan fingerprint density at radius 2 is 1.69 bits per heavy atom. The van der Waals surface area contributed by atoms with Crippen molar-refractivity contribution < 1.29 is 23.9 Å². The predicted molar refractivity (Wildman–Crippen MR) is 111 cm³/mol. The summed E-state index contributed by atoms with van der Waals surface area (Å²) in [4.78, 5) is 51.2. The van der Waals surface area contributed by atoms with Crippen LogP contribution in [0.3, 0.4) is 0 Å². The monoisotopic (exact) mass is 416 g/mol. The molecule has 2 aromatic rings. The Morgan fingerprint density at radius 1 is 1.03 bits per heavy atom. The second-order valence-corrected chi connectivity index (χ2v) is 8.20. The van der Waals surface area contributed by atoms with E-state index in [2.05, 4.69) is 5.32 Å². The highest BCUT2D eigenvalue weighted by Crippen LogP contribution is 2.22. The van der Waals surface area contributed by atoms with E-state index in [4.69, 9.17) is 4.74 Å². The van der Waals surface area contributed by atoms with Gasteiger partial charge in [-0.1, -0.05) is 0 Å². The van der Waals surface area contributed by atoms with Crippen molar-refractivity contribution in [1.29, 1.82) is 0 Å². The van der Waals surface area contributed by atoms with E-state index in [9.17, 15) is 19.2 Å². The Kier molecular flexibility index (Phi) is 7.67. The minimum absolute atomic E-state index is 0.0405. The summed E-state index contributed by atoms with van der Waals surface area (Å²) in [6, 6.07) is 8.21. The van der Waals surface area contributed by atoms with Crippen LogP contribution in [0.4, 0.5) is 5.69 Å². The molecule has 0 fully saturated rings. The van der Waals surface area contributed by atoms with Gasteiger partial charge in [0.05, 0.1) is 6.42 Å². The molecule has 0 aliphatic carbocycles. The Hall–Kier alpha value is -3.00. The summed E-state index contributed by atoms with van der Waals surface area (Å²) >= 11 is 1.54. The lowest BCUT2D eigenvalue weighted by molar-refractivity contribution is -0.147. The zero-order chi connectivity index (χ0) is 21.6. The molecule has 8 heteroatoms. The minimum atomic E-state index is -0.606. The zero-order valence-corrected chi connectivity index (χ0v) is 17.7. The zero-order valence-electron chi connectivity index (χ0n) is 16.9. The number of hydrogen-bond donors (Lipinski definition) is 1. The summed E-state index contributed by atoms with van der Waals surface area (Å²) in [6.45, 7) is 3.35. The molecule has 0 aliphatic heterocycles. The third-order valence-corrected chi connectivity index (χ3v) is 5.05. The lowest BCUT2D eigenvalue weighted by atomic mass is 10.1. The van der Waals surface area contributed by atoms with E-state index in [0.717, 1.165) is 9.75 Å². The number of aryl methyl sites for hydroxylation is 2. The lowest BCUT2D eigenvalue weighted by Crippen LogP contribution is -2.22. The van der Waals surface area contributed by atoms with Crippen LogP contribution in [0.25, 0.3) is 0 Å². The molecule has 29 heavy (non-hydrogen) atoms. The molecule has 0 unspecified atom stereocenters. The van der Waals surface area contributed by atoms with Gasteiger partial charge in [-0.15, -0.1) is 11.3 Å². The van der Waals surface area contributed by atoms with Gasteiger partial charge in [0, 0.05) is 47.1 Å². The van der Waals surface area contributed by atoms with Crippen molar-refractivity contribution in [2.45, 2.75) is 26.7 Å². The first-order chi connectivity index (χ1) is 13.7. The van der Waals surface area contributed by atoms with Gasteiger partial charge >= 0.3 is 5.97 Å². The highest BCUT2D eigenvalue weighted by Gasteiger charge is 2.15. The molecule has 0 bridgehead atoms. The number of ketones is 1. The molecule has 0 spiro atoms. The van der Waals surface area contributed by atoms with E-state index in [1.54, 1.807) is 38.4 Å². The molecule has 2 rings (SSSR count). The average Bonchev–Trinajstić information content (AvgIpc) is 3.02. The molecule has 0 saturated heterocycles. The number of carbonyl (C=O) groups is 4. The largest absolute Gasteiger partial charge is 0.456 e. The number of esters is 1. The average molecular weight is 416 g/mol. The van der Waals surface area contributed by atoms with Crippen LogP contribution in [0, 0.1) is 13.8 Å². The quantitative estimate of drug-likeness (QED) is 0.527. The van der Waals surface area contributed by atoms with Crippen molar-refractivity contribution >= 4 is 40.6 Å². The van der Waals surface area contributed by atoms with Crippen molar-refractivity contribution in [3.05, 3.63) is 51.2 Å². The van der Waals surface area contributed by atoms with Crippen molar-refractivity contribution in [3.63, 3.8) is 0 Å². The van der Waals surface area contributed by atoms with Crippen LogP contribution in [0.1, 0.15) is 43.3 Å². The SMILES string of the molecule is Cc1cc(C(=O)CCC(=O)OCC(=O)Nc2ccc(C(=O)N(C)C)cc2)c(C)s1. The summed E-state index contributed by atoms with van der Waals surface area (Å²) in [5.74, 6) is -1.36. The summed E-state index contributed by atoms with van der Waals surface area (Å²) in [5, 5.41) is 2.59. The first kappa shape index (κ1) is 22.3. The fraction of sp³-hybridized carbons (Fsp3) is 0.333. The fourth-order valence-corrected chi connectivity index (χ4v) is 3.57. The second kappa shape index (κ2) is 9.97. The molecule has 0 aliphatic rings. The second-order valence-electron chi connectivity index (χ2n) is 6.74. The van der Waals surface area contributed by atoms with Crippen molar-refractivity contribution in [3.8, 4) is 0 Å². The van der Waals surface area contributed by atoms with Crippen LogP contribution in [0.2, 0.25) is 0 Å². The maximum Gasteiger partial charge on any atom is 0.306 e. The highest BCUT2D eigenvalue weighted by molar-refractivity contribution is 7.12. The molecule has 1 heterocycles. The summed E-state index contributed by atoms with van der Waals surface area (Å²) in [6.07, 6.45) is -0.0410. The first-order valence-corrected chi connectivity index (χ1v) is 9.86. The Morgan fingerprint density at radius 3 is 2.24 bits per heavy atom. The molecule has 154 valence electrons. The van der Waals surface area contributed by atoms with Crippen molar-refractivity contribution in [2.75, 3.05) is 26.0 Å². The number of Topliss-reactive ketones (excluding diaryl/α,β-unsaturated/α-hetero) is 1. The molecule has 1 aromatic heterocycles. The van der Waals surface area contributed by atoms with E-state index < -0.39 is 18.5 Å². The number of thiophene rings is 1.